The highest BCUT2D eigenvalue weighted by molar-refractivity contribution is 5.68. The average molecular weight is 293 g/mol. The van der Waals surface area contributed by atoms with Gasteiger partial charge in [0, 0.05) is 13.1 Å². The summed E-state index contributed by atoms with van der Waals surface area (Å²) in [4.78, 5) is 21.3. The van der Waals surface area contributed by atoms with E-state index in [1.165, 1.54) is 6.42 Å². The number of benzene rings is 1. The Labute approximate surface area is 128 Å². The van der Waals surface area contributed by atoms with E-state index in [2.05, 4.69) is 0 Å². The lowest BCUT2D eigenvalue weighted by Gasteiger charge is -2.29. The van der Waals surface area contributed by atoms with Crippen LogP contribution in [0.15, 0.2) is 36.4 Å². The lowest BCUT2D eigenvalue weighted by atomic mass is 10.1. The van der Waals surface area contributed by atoms with Gasteiger partial charge in [-0.25, -0.2) is 4.79 Å². The number of rotatable bonds is 0. The first-order valence-corrected chi connectivity index (χ1v) is 7.26. The Morgan fingerprint density at radius 3 is 1.62 bits per heavy atom. The number of likely N-dealkylation sites (tertiary alicyclic amines) is 1. The number of hydrogen-bond acceptors (Lipinski definition) is 3. The molecule has 1 aliphatic rings. The van der Waals surface area contributed by atoms with Gasteiger partial charge in [0.1, 0.15) is 12.4 Å². The average Bonchev–Trinajstić information content (AvgIpc) is 2.51. The van der Waals surface area contributed by atoms with Gasteiger partial charge in [-0.3, -0.25) is 0 Å². The Morgan fingerprint density at radius 2 is 1.29 bits per heavy atom. The van der Waals surface area contributed by atoms with Crippen LogP contribution in [0.1, 0.15) is 40.0 Å². The van der Waals surface area contributed by atoms with Crippen molar-refractivity contribution in [2.24, 2.45) is 0 Å². The zero-order valence-electron chi connectivity index (χ0n) is 13.4. The molecule has 2 rings (SSSR count). The number of hydrogen-bond donors (Lipinski definition) is 0. The zero-order chi connectivity index (χ0) is 16.1. The number of piperidine rings is 1. The molecule has 4 nitrogen and oxygen atoms in total. The van der Waals surface area contributed by atoms with Gasteiger partial charge in [-0.2, -0.15) is 0 Å². The molecule has 0 radical (unpaired) electrons. The molecule has 1 amide bonds. The number of ether oxygens (including phenoxy) is 1. The fourth-order valence-corrected chi connectivity index (χ4v) is 1.79. The van der Waals surface area contributed by atoms with Crippen LogP contribution in [0.3, 0.4) is 0 Å². The van der Waals surface area contributed by atoms with Crippen LogP contribution in [0.2, 0.25) is 0 Å². The summed E-state index contributed by atoms with van der Waals surface area (Å²) in [6.07, 6.45) is 3.30. The molecule has 1 heterocycles. The second-order valence-electron chi connectivity index (χ2n) is 5.68. The SMILES string of the molecule is C=O.CC(C)(C)OC(=O)N1CCCCC1.c1ccccc1. The number of nitrogens with zero attached hydrogens (tertiary/aromatic N) is 1. The van der Waals surface area contributed by atoms with Crippen molar-refractivity contribution in [2.45, 2.75) is 45.6 Å². The summed E-state index contributed by atoms with van der Waals surface area (Å²) in [5, 5.41) is 0. The third-order valence-corrected chi connectivity index (χ3v) is 2.67. The third kappa shape index (κ3) is 10.6. The highest BCUT2D eigenvalue weighted by Gasteiger charge is 2.22. The Bertz CT molecular complexity index is 341. The normalized spacial score (nSPS) is 14.0. The van der Waals surface area contributed by atoms with Crippen molar-refractivity contribution in [3.63, 3.8) is 0 Å². The number of carbonyl (C=O) groups is 2. The topological polar surface area (TPSA) is 46.6 Å². The maximum absolute atomic E-state index is 11.5. The van der Waals surface area contributed by atoms with Gasteiger partial charge in [-0.1, -0.05) is 36.4 Å². The van der Waals surface area contributed by atoms with Crippen LogP contribution in [0.5, 0.6) is 0 Å². The Morgan fingerprint density at radius 1 is 0.905 bits per heavy atom. The molecule has 1 fully saturated rings. The molecule has 1 aromatic rings. The molecule has 1 saturated heterocycles. The largest absolute Gasteiger partial charge is 0.444 e. The third-order valence-electron chi connectivity index (χ3n) is 2.67. The number of amides is 1. The van der Waals surface area contributed by atoms with Gasteiger partial charge < -0.3 is 14.4 Å². The highest BCUT2D eigenvalue weighted by Crippen LogP contribution is 2.14. The minimum Gasteiger partial charge on any atom is -0.444 e. The van der Waals surface area contributed by atoms with Crippen molar-refractivity contribution in [3.8, 4) is 0 Å². The van der Waals surface area contributed by atoms with E-state index in [4.69, 9.17) is 9.53 Å². The molecule has 0 atom stereocenters. The predicted octanol–water partition coefficient (Wildman–Crippen LogP) is 3.91. The van der Waals surface area contributed by atoms with Gasteiger partial charge in [0.2, 0.25) is 0 Å². The van der Waals surface area contributed by atoms with Crippen LogP contribution in [0, 0.1) is 0 Å². The molecule has 0 aromatic heterocycles. The molecule has 21 heavy (non-hydrogen) atoms. The molecular weight excluding hydrogens is 266 g/mol. The summed E-state index contributed by atoms with van der Waals surface area (Å²) in [6.45, 7) is 9.41. The van der Waals surface area contributed by atoms with Gasteiger partial charge in [0.15, 0.2) is 0 Å². The van der Waals surface area contributed by atoms with E-state index in [1.54, 1.807) is 4.90 Å². The van der Waals surface area contributed by atoms with Gasteiger partial charge in [-0.15, -0.1) is 0 Å². The fraction of sp³-hybridized carbons (Fsp3) is 0.529. The second-order valence-corrected chi connectivity index (χ2v) is 5.68. The molecule has 4 heteroatoms. The summed E-state index contributed by atoms with van der Waals surface area (Å²) in [7, 11) is 0. The molecule has 0 saturated carbocycles. The van der Waals surface area contributed by atoms with Crippen molar-refractivity contribution in [1.29, 1.82) is 0 Å². The van der Waals surface area contributed by atoms with Crippen molar-refractivity contribution >= 4 is 12.9 Å². The minimum absolute atomic E-state index is 0.160. The highest BCUT2D eigenvalue weighted by atomic mass is 16.6. The van der Waals surface area contributed by atoms with E-state index in [9.17, 15) is 4.79 Å². The van der Waals surface area contributed by atoms with E-state index >= 15 is 0 Å². The van der Waals surface area contributed by atoms with Crippen LogP contribution >= 0.6 is 0 Å². The van der Waals surface area contributed by atoms with E-state index in [-0.39, 0.29) is 11.7 Å². The Hall–Kier alpha value is -1.84. The van der Waals surface area contributed by atoms with Crippen molar-refractivity contribution in [3.05, 3.63) is 36.4 Å². The van der Waals surface area contributed by atoms with Crippen molar-refractivity contribution in [2.75, 3.05) is 13.1 Å². The maximum atomic E-state index is 11.5. The molecular formula is C17H27NO3. The molecule has 0 N–H and O–H groups in total. The van der Waals surface area contributed by atoms with Crippen LogP contribution in [-0.4, -0.2) is 36.5 Å². The molecule has 0 bridgehead atoms. The van der Waals surface area contributed by atoms with Crippen LogP contribution in [0.25, 0.3) is 0 Å². The lowest BCUT2D eigenvalue weighted by molar-refractivity contribution is -0.0980. The quantitative estimate of drug-likeness (QED) is 0.728. The van der Waals surface area contributed by atoms with Gasteiger partial charge in [0.05, 0.1) is 0 Å². The minimum atomic E-state index is -0.367. The Balaban J connectivity index is 0.000000416. The van der Waals surface area contributed by atoms with Crippen molar-refractivity contribution in [1.82, 2.24) is 4.90 Å². The first kappa shape index (κ1) is 19.2. The molecule has 0 unspecified atom stereocenters. The summed E-state index contributed by atoms with van der Waals surface area (Å²) in [5.74, 6) is 0. The molecule has 1 aliphatic heterocycles. The van der Waals surface area contributed by atoms with Gasteiger partial charge >= 0.3 is 6.09 Å². The Kier molecular flexibility index (Phi) is 9.94. The molecule has 118 valence electrons. The van der Waals surface area contributed by atoms with Gasteiger partial charge in [0.25, 0.3) is 0 Å². The molecule has 0 aliphatic carbocycles. The lowest BCUT2D eigenvalue weighted by Crippen LogP contribution is -2.39. The zero-order valence-corrected chi connectivity index (χ0v) is 13.4. The van der Waals surface area contributed by atoms with Crippen LogP contribution in [0.4, 0.5) is 4.79 Å². The summed E-state index contributed by atoms with van der Waals surface area (Å²) in [5.41, 5.74) is -0.367. The van der Waals surface area contributed by atoms with E-state index in [0.717, 1.165) is 25.9 Å². The fourth-order valence-electron chi connectivity index (χ4n) is 1.79. The summed E-state index contributed by atoms with van der Waals surface area (Å²) < 4.78 is 5.26. The van der Waals surface area contributed by atoms with Crippen LogP contribution in [-0.2, 0) is 9.53 Å². The monoisotopic (exact) mass is 293 g/mol. The molecule has 1 aromatic carbocycles. The van der Waals surface area contributed by atoms with Crippen LogP contribution < -0.4 is 0 Å². The maximum Gasteiger partial charge on any atom is 0.410 e. The summed E-state index contributed by atoms with van der Waals surface area (Å²) in [6, 6.07) is 12.0. The van der Waals surface area contributed by atoms with E-state index < -0.39 is 0 Å². The van der Waals surface area contributed by atoms with E-state index in [0.29, 0.717) is 0 Å². The summed E-state index contributed by atoms with van der Waals surface area (Å²) >= 11 is 0. The van der Waals surface area contributed by atoms with Gasteiger partial charge in [-0.05, 0) is 40.0 Å². The number of carbonyl (C=O) groups excluding carboxylic acids is 2. The van der Waals surface area contributed by atoms with E-state index in [1.807, 2.05) is 64.0 Å². The first-order chi connectivity index (χ1) is 9.99. The first-order valence-electron chi connectivity index (χ1n) is 7.26. The van der Waals surface area contributed by atoms with Crippen molar-refractivity contribution < 1.29 is 14.3 Å². The smallest absolute Gasteiger partial charge is 0.410 e. The molecule has 0 spiro atoms. The second kappa shape index (κ2) is 10.9. The predicted molar refractivity (Wildman–Crippen MR) is 85.2 cm³/mol. The standard InChI is InChI=1S/C10H19NO2.C6H6.CH2O/c1-10(2,3)13-9(12)11-7-5-4-6-8-11;1-2-4-6-5-3-1;1-2/h4-8H2,1-3H3;1-6H;1H2.